The van der Waals surface area contributed by atoms with Gasteiger partial charge in [-0.3, -0.25) is 9.78 Å². The fourth-order valence-electron chi connectivity index (χ4n) is 0.688. The monoisotopic (exact) mass is 147 g/mol. The zero-order valence-corrected chi connectivity index (χ0v) is 5.61. The van der Waals surface area contributed by atoms with E-state index in [0.29, 0.717) is 0 Å². The minimum absolute atomic E-state index is 0.162. The molecule has 0 aliphatic heterocycles. The number of hydrogen-bond donors (Lipinski definition) is 1. The van der Waals surface area contributed by atoms with Gasteiger partial charge in [-0.15, -0.1) is 0 Å². The lowest BCUT2D eigenvalue weighted by molar-refractivity contribution is 0.0999. The fourth-order valence-corrected chi connectivity index (χ4v) is 0.688. The van der Waals surface area contributed by atoms with Crippen LogP contribution in [0.2, 0.25) is 0 Å². The van der Waals surface area contributed by atoms with Crippen LogP contribution >= 0.6 is 0 Å². The normalized spacial score (nSPS) is 8.64. The van der Waals surface area contributed by atoms with Gasteiger partial charge in [-0.25, -0.2) is 0 Å². The Balaban J connectivity index is 3.26. The number of pyridine rings is 1. The Bertz CT molecular complexity index is 327. The molecule has 1 aromatic rings. The summed E-state index contributed by atoms with van der Waals surface area (Å²) in [6, 6.07) is 3.28. The lowest BCUT2D eigenvalue weighted by Crippen LogP contribution is -2.12. The summed E-state index contributed by atoms with van der Waals surface area (Å²) in [5.41, 5.74) is 5.38. The molecule has 11 heavy (non-hydrogen) atoms. The standard InChI is InChI=1S/C7H5N3O/c8-3-5-1-2-10-4-6(5)7(9)11/h1-2,4H,(H2,9,11). The number of hydrogen-bond acceptors (Lipinski definition) is 3. The van der Waals surface area contributed by atoms with Gasteiger partial charge in [0.15, 0.2) is 0 Å². The first-order chi connectivity index (χ1) is 5.25. The van der Waals surface area contributed by atoms with Gasteiger partial charge in [0.2, 0.25) is 0 Å². The molecule has 0 saturated heterocycles. The topological polar surface area (TPSA) is 79.8 Å². The van der Waals surface area contributed by atoms with E-state index in [1.807, 2.05) is 6.07 Å². The molecule has 54 valence electrons. The van der Waals surface area contributed by atoms with Crippen LogP contribution in [0.5, 0.6) is 0 Å². The van der Waals surface area contributed by atoms with Crippen molar-refractivity contribution in [1.82, 2.24) is 4.98 Å². The van der Waals surface area contributed by atoms with Crippen LogP contribution in [0.1, 0.15) is 15.9 Å². The van der Waals surface area contributed by atoms with E-state index in [0.717, 1.165) is 0 Å². The molecule has 4 nitrogen and oxygen atoms in total. The van der Waals surface area contributed by atoms with Crippen molar-refractivity contribution in [2.75, 3.05) is 0 Å². The van der Waals surface area contributed by atoms with Crippen molar-refractivity contribution >= 4 is 5.91 Å². The largest absolute Gasteiger partial charge is 0.366 e. The van der Waals surface area contributed by atoms with Crippen LogP contribution in [-0.4, -0.2) is 10.9 Å². The molecular formula is C7H5N3O. The van der Waals surface area contributed by atoms with Crippen molar-refractivity contribution < 1.29 is 4.79 Å². The van der Waals surface area contributed by atoms with Crippen LogP contribution in [0, 0.1) is 11.3 Å². The van der Waals surface area contributed by atoms with Crippen molar-refractivity contribution in [2.45, 2.75) is 0 Å². The van der Waals surface area contributed by atoms with E-state index >= 15 is 0 Å². The van der Waals surface area contributed by atoms with E-state index in [1.54, 1.807) is 0 Å². The smallest absolute Gasteiger partial charge is 0.251 e. The van der Waals surface area contributed by atoms with Gasteiger partial charge in [-0.05, 0) is 6.07 Å². The third kappa shape index (κ3) is 1.33. The van der Waals surface area contributed by atoms with Crippen LogP contribution in [0.25, 0.3) is 0 Å². The van der Waals surface area contributed by atoms with E-state index in [-0.39, 0.29) is 11.1 Å². The summed E-state index contributed by atoms with van der Waals surface area (Å²) in [5, 5.41) is 8.48. The average molecular weight is 147 g/mol. The first-order valence-corrected chi connectivity index (χ1v) is 2.89. The van der Waals surface area contributed by atoms with Crippen LogP contribution in [0.4, 0.5) is 0 Å². The number of nitrogens with zero attached hydrogens (tertiary/aromatic N) is 2. The molecule has 0 saturated carbocycles. The molecule has 1 amide bonds. The summed E-state index contributed by atoms with van der Waals surface area (Å²) in [4.78, 5) is 14.3. The van der Waals surface area contributed by atoms with E-state index in [2.05, 4.69) is 4.98 Å². The third-order valence-electron chi connectivity index (χ3n) is 1.21. The van der Waals surface area contributed by atoms with Crippen LogP contribution < -0.4 is 5.73 Å². The zero-order valence-electron chi connectivity index (χ0n) is 5.61. The molecule has 0 atom stereocenters. The predicted octanol–water partition coefficient (Wildman–Crippen LogP) is 0.0522. The Morgan fingerprint density at radius 2 is 2.45 bits per heavy atom. The number of carbonyl (C=O) groups is 1. The summed E-state index contributed by atoms with van der Waals surface area (Å²) >= 11 is 0. The number of nitrogens with two attached hydrogens (primary N) is 1. The highest BCUT2D eigenvalue weighted by Gasteiger charge is 2.05. The minimum atomic E-state index is -0.630. The molecule has 1 heterocycles. The van der Waals surface area contributed by atoms with Crippen molar-refractivity contribution in [3.63, 3.8) is 0 Å². The fraction of sp³-hybridized carbons (Fsp3) is 0. The Kier molecular flexibility index (Phi) is 1.83. The second-order valence-electron chi connectivity index (χ2n) is 1.90. The SMILES string of the molecule is N#Cc1ccncc1C(N)=O. The first kappa shape index (κ1) is 7.22. The Morgan fingerprint density at radius 3 is 2.91 bits per heavy atom. The molecule has 1 rings (SSSR count). The van der Waals surface area contributed by atoms with Crippen LogP contribution in [0.15, 0.2) is 18.5 Å². The molecule has 0 aliphatic carbocycles. The van der Waals surface area contributed by atoms with Gasteiger partial charge in [0, 0.05) is 12.4 Å². The predicted molar refractivity (Wildman–Crippen MR) is 37.5 cm³/mol. The Labute approximate surface area is 63.3 Å². The molecule has 1 aromatic heterocycles. The molecule has 0 spiro atoms. The zero-order chi connectivity index (χ0) is 8.27. The first-order valence-electron chi connectivity index (χ1n) is 2.89. The Morgan fingerprint density at radius 1 is 1.73 bits per heavy atom. The van der Waals surface area contributed by atoms with Crippen LogP contribution in [-0.2, 0) is 0 Å². The highest BCUT2D eigenvalue weighted by molar-refractivity contribution is 5.94. The molecule has 0 aromatic carbocycles. The van der Waals surface area contributed by atoms with Crippen molar-refractivity contribution in [3.8, 4) is 6.07 Å². The summed E-state index contributed by atoms with van der Waals surface area (Å²) in [6.45, 7) is 0. The molecule has 0 unspecified atom stereocenters. The van der Waals surface area contributed by atoms with Gasteiger partial charge in [0.25, 0.3) is 5.91 Å². The maximum Gasteiger partial charge on any atom is 0.251 e. The van der Waals surface area contributed by atoms with E-state index in [1.165, 1.54) is 18.5 Å². The number of rotatable bonds is 1. The molecule has 0 aliphatic rings. The van der Waals surface area contributed by atoms with E-state index < -0.39 is 5.91 Å². The highest BCUT2D eigenvalue weighted by atomic mass is 16.1. The second-order valence-corrected chi connectivity index (χ2v) is 1.90. The number of amides is 1. The third-order valence-corrected chi connectivity index (χ3v) is 1.21. The summed E-state index contributed by atoms with van der Waals surface area (Å²) in [5.74, 6) is -0.630. The van der Waals surface area contributed by atoms with Crippen molar-refractivity contribution in [1.29, 1.82) is 5.26 Å². The van der Waals surface area contributed by atoms with Gasteiger partial charge in [0.1, 0.15) is 6.07 Å². The molecule has 0 bridgehead atoms. The van der Waals surface area contributed by atoms with Gasteiger partial charge in [-0.1, -0.05) is 0 Å². The van der Waals surface area contributed by atoms with Gasteiger partial charge in [-0.2, -0.15) is 5.26 Å². The maximum atomic E-state index is 10.6. The molecule has 0 fully saturated rings. The average Bonchev–Trinajstić information content (AvgIpc) is 2.04. The maximum absolute atomic E-state index is 10.6. The number of aromatic nitrogens is 1. The van der Waals surface area contributed by atoms with E-state index in [9.17, 15) is 4.79 Å². The molecule has 2 N–H and O–H groups in total. The van der Waals surface area contributed by atoms with E-state index in [4.69, 9.17) is 11.0 Å². The number of primary amides is 1. The summed E-state index contributed by atoms with van der Waals surface area (Å²) in [6.07, 6.45) is 2.71. The Hall–Kier alpha value is -1.89. The van der Waals surface area contributed by atoms with Crippen molar-refractivity contribution in [2.24, 2.45) is 5.73 Å². The van der Waals surface area contributed by atoms with Crippen molar-refractivity contribution in [3.05, 3.63) is 29.6 Å². The second kappa shape index (κ2) is 2.80. The molecular weight excluding hydrogens is 142 g/mol. The summed E-state index contributed by atoms with van der Waals surface area (Å²) < 4.78 is 0. The lowest BCUT2D eigenvalue weighted by atomic mass is 10.1. The number of carbonyl (C=O) groups excluding carboxylic acids is 1. The van der Waals surface area contributed by atoms with Gasteiger partial charge in [0.05, 0.1) is 11.1 Å². The van der Waals surface area contributed by atoms with Gasteiger partial charge < -0.3 is 5.73 Å². The van der Waals surface area contributed by atoms with Crippen LogP contribution in [0.3, 0.4) is 0 Å². The number of nitriles is 1. The van der Waals surface area contributed by atoms with Gasteiger partial charge >= 0.3 is 0 Å². The molecule has 0 radical (unpaired) electrons. The summed E-state index contributed by atoms with van der Waals surface area (Å²) in [7, 11) is 0. The lowest BCUT2D eigenvalue weighted by Gasteiger charge is -1.94. The molecule has 4 heteroatoms. The minimum Gasteiger partial charge on any atom is -0.366 e. The quantitative estimate of drug-likeness (QED) is 0.609. The highest BCUT2D eigenvalue weighted by Crippen LogP contribution is 2.02.